The van der Waals surface area contributed by atoms with E-state index in [-0.39, 0.29) is 23.2 Å². The van der Waals surface area contributed by atoms with Crippen molar-refractivity contribution in [1.82, 2.24) is 10.3 Å². The quantitative estimate of drug-likeness (QED) is 0.685. The fourth-order valence-corrected chi connectivity index (χ4v) is 3.71. The number of amides is 1. The molecule has 144 valence electrons. The lowest BCUT2D eigenvalue weighted by Crippen LogP contribution is -2.32. The number of rotatable bonds is 6. The lowest BCUT2D eigenvalue weighted by atomic mass is 9.93. The van der Waals surface area contributed by atoms with E-state index in [0.29, 0.717) is 24.4 Å². The van der Waals surface area contributed by atoms with Crippen molar-refractivity contribution >= 4 is 16.8 Å². The van der Waals surface area contributed by atoms with Crippen molar-refractivity contribution in [2.75, 3.05) is 6.54 Å². The van der Waals surface area contributed by atoms with Gasteiger partial charge in [0.05, 0.1) is 5.92 Å². The van der Waals surface area contributed by atoms with Crippen molar-refractivity contribution in [1.29, 1.82) is 0 Å². The van der Waals surface area contributed by atoms with Crippen molar-refractivity contribution in [3.8, 4) is 0 Å². The van der Waals surface area contributed by atoms with Gasteiger partial charge < -0.3 is 10.3 Å². The molecule has 1 fully saturated rings. The van der Waals surface area contributed by atoms with Crippen molar-refractivity contribution in [3.63, 3.8) is 0 Å². The molecule has 1 amide bonds. The number of pyridine rings is 1. The zero-order valence-corrected chi connectivity index (χ0v) is 15.8. The monoisotopic (exact) mass is 378 g/mol. The number of benzene rings is 2. The second-order valence-corrected chi connectivity index (χ2v) is 7.62. The number of fused-ring (bicyclic) bond motifs is 1. The molecule has 1 unspecified atom stereocenters. The van der Waals surface area contributed by atoms with E-state index in [0.717, 1.165) is 34.9 Å². The Kier molecular flexibility index (Phi) is 4.99. The van der Waals surface area contributed by atoms with E-state index in [1.54, 1.807) is 12.1 Å². The van der Waals surface area contributed by atoms with E-state index in [4.69, 9.17) is 0 Å². The molecule has 1 aliphatic rings. The smallest absolute Gasteiger partial charge is 0.251 e. The summed E-state index contributed by atoms with van der Waals surface area (Å²) in [5.41, 5.74) is 3.30. The summed E-state index contributed by atoms with van der Waals surface area (Å²) in [6.45, 7) is 2.38. The number of aromatic amines is 1. The van der Waals surface area contributed by atoms with Crippen molar-refractivity contribution in [2.24, 2.45) is 5.92 Å². The maximum absolute atomic E-state index is 13.2. The average Bonchev–Trinajstić information content (AvgIpc) is 3.49. The summed E-state index contributed by atoms with van der Waals surface area (Å²) in [4.78, 5) is 28.0. The lowest BCUT2D eigenvalue weighted by molar-refractivity contribution is -0.123. The van der Waals surface area contributed by atoms with Gasteiger partial charge in [-0.2, -0.15) is 0 Å². The topological polar surface area (TPSA) is 62.0 Å². The Bertz CT molecular complexity index is 1070. The van der Waals surface area contributed by atoms with Crippen molar-refractivity contribution in [3.05, 3.63) is 81.4 Å². The van der Waals surface area contributed by atoms with E-state index in [1.807, 2.05) is 31.2 Å². The number of nitrogens with one attached hydrogen (secondary N) is 2. The van der Waals surface area contributed by atoms with Gasteiger partial charge in [-0.25, -0.2) is 4.39 Å². The van der Waals surface area contributed by atoms with Crippen LogP contribution in [0.4, 0.5) is 4.39 Å². The molecule has 1 aromatic heterocycles. The van der Waals surface area contributed by atoms with E-state index in [1.165, 1.54) is 12.1 Å². The molecule has 5 heteroatoms. The predicted molar refractivity (Wildman–Crippen MR) is 108 cm³/mol. The molecule has 4 nitrogen and oxygen atoms in total. The van der Waals surface area contributed by atoms with Gasteiger partial charge >= 0.3 is 0 Å². The van der Waals surface area contributed by atoms with Gasteiger partial charge in [0.15, 0.2) is 0 Å². The van der Waals surface area contributed by atoms with Crippen LogP contribution in [0, 0.1) is 18.7 Å². The number of aromatic nitrogens is 1. The molecule has 0 radical (unpaired) electrons. The van der Waals surface area contributed by atoms with Gasteiger partial charge in [-0.05, 0) is 72.9 Å². The van der Waals surface area contributed by atoms with Crippen LogP contribution in [0.15, 0.2) is 53.3 Å². The number of carbonyl (C=O) groups is 1. The van der Waals surface area contributed by atoms with Crippen LogP contribution < -0.4 is 10.9 Å². The largest absolute Gasteiger partial charge is 0.355 e. The zero-order chi connectivity index (χ0) is 19.7. The highest BCUT2D eigenvalue weighted by Gasteiger charge is 2.37. The normalized spacial score (nSPS) is 14.8. The van der Waals surface area contributed by atoms with Crippen molar-refractivity contribution < 1.29 is 9.18 Å². The highest BCUT2D eigenvalue weighted by atomic mass is 19.1. The fourth-order valence-electron chi connectivity index (χ4n) is 3.71. The molecule has 28 heavy (non-hydrogen) atoms. The first-order chi connectivity index (χ1) is 13.5. The SMILES string of the molecule is Cc1ccc2cc(CCNC(=O)C(c3ccc(F)cc3)C3CC3)c(=O)[nH]c2c1. The Labute approximate surface area is 162 Å². The lowest BCUT2D eigenvalue weighted by Gasteiger charge is -2.17. The number of aryl methyl sites for hydroxylation is 1. The molecular weight excluding hydrogens is 355 g/mol. The molecule has 0 saturated heterocycles. The van der Waals surface area contributed by atoms with Crippen molar-refractivity contribution in [2.45, 2.75) is 32.1 Å². The summed E-state index contributed by atoms with van der Waals surface area (Å²) in [7, 11) is 0. The molecule has 1 atom stereocenters. The summed E-state index contributed by atoms with van der Waals surface area (Å²) in [5, 5.41) is 3.94. The summed E-state index contributed by atoms with van der Waals surface area (Å²) >= 11 is 0. The minimum Gasteiger partial charge on any atom is -0.355 e. The van der Waals surface area contributed by atoms with E-state index >= 15 is 0 Å². The van der Waals surface area contributed by atoms with Crippen LogP contribution >= 0.6 is 0 Å². The van der Waals surface area contributed by atoms with E-state index in [9.17, 15) is 14.0 Å². The average molecular weight is 378 g/mol. The van der Waals surface area contributed by atoms with Gasteiger partial charge in [-0.3, -0.25) is 9.59 Å². The molecule has 1 saturated carbocycles. The number of hydrogen-bond donors (Lipinski definition) is 2. The minimum atomic E-state index is -0.301. The van der Waals surface area contributed by atoms with Crippen LogP contribution in [0.25, 0.3) is 10.9 Å². The Morgan fingerprint density at radius 2 is 1.93 bits per heavy atom. The standard InChI is InChI=1S/C23H23FN2O2/c1-14-2-3-17-13-18(22(27)26-20(17)12-14)10-11-25-23(28)21(15-4-5-15)16-6-8-19(24)9-7-16/h2-3,6-9,12-13,15,21H,4-5,10-11H2,1H3,(H,25,28)(H,26,27). The van der Waals surface area contributed by atoms with Crippen LogP contribution in [0.1, 0.15) is 35.4 Å². The molecule has 3 aromatic rings. The molecule has 0 spiro atoms. The third-order valence-corrected chi connectivity index (χ3v) is 5.38. The number of hydrogen-bond acceptors (Lipinski definition) is 2. The van der Waals surface area contributed by atoms with Crippen LogP contribution in [0.3, 0.4) is 0 Å². The van der Waals surface area contributed by atoms with Gasteiger partial charge in [0.2, 0.25) is 5.91 Å². The molecule has 2 N–H and O–H groups in total. The van der Waals surface area contributed by atoms with E-state index in [2.05, 4.69) is 10.3 Å². The first-order valence-electron chi connectivity index (χ1n) is 9.67. The van der Waals surface area contributed by atoms with Gasteiger partial charge in [0.25, 0.3) is 5.56 Å². The Balaban J connectivity index is 1.44. The van der Waals surface area contributed by atoms with Gasteiger partial charge in [-0.1, -0.05) is 24.3 Å². The molecule has 1 heterocycles. The minimum absolute atomic E-state index is 0.0537. The third kappa shape index (κ3) is 3.98. The molecule has 4 rings (SSSR count). The number of halogens is 1. The van der Waals surface area contributed by atoms with Crippen LogP contribution in [0.5, 0.6) is 0 Å². The highest BCUT2D eigenvalue weighted by molar-refractivity contribution is 5.84. The first kappa shape index (κ1) is 18.4. The van der Waals surface area contributed by atoms with Crippen LogP contribution in [-0.2, 0) is 11.2 Å². The van der Waals surface area contributed by atoms with Gasteiger partial charge in [0.1, 0.15) is 5.82 Å². The Morgan fingerprint density at radius 3 is 2.64 bits per heavy atom. The fraction of sp³-hybridized carbons (Fsp3) is 0.304. The van der Waals surface area contributed by atoms with E-state index < -0.39 is 0 Å². The third-order valence-electron chi connectivity index (χ3n) is 5.38. The molecule has 0 aliphatic heterocycles. The zero-order valence-electron chi connectivity index (χ0n) is 15.8. The predicted octanol–water partition coefficient (Wildman–Crippen LogP) is 3.83. The second-order valence-electron chi connectivity index (χ2n) is 7.62. The summed E-state index contributed by atoms with van der Waals surface area (Å²) < 4.78 is 13.2. The number of H-pyrrole nitrogens is 1. The maximum Gasteiger partial charge on any atom is 0.251 e. The maximum atomic E-state index is 13.2. The molecule has 1 aliphatic carbocycles. The van der Waals surface area contributed by atoms with Crippen LogP contribution in [0.2, 0.25) is 0 Å². The van der Waals surface area contributed by atoms with Gasteiger partial charge in [0, 0.05) is 17.6 Å². The van der Waals surface area contributed by atoms with Gasteiger partial charge in [-0.15, -0.1) is 0 Å². The molecule has 0 bridgehead atoms. The Morgan fingerprint density at radius 1 is 1.18 bits per heavy atom. The second kappa shape index (κ2) is 7.58. The first-order valence-corrected chi connectivity index (χ1v) is 9.67. The van der Waals surface area contributed by atoms with Crippen LogP contribution in [-0.4, -0.2) is 17.4 Å². The highest BCUT2D eigenvalue weighted by Crippen LogP contribution is 2.42. The number of carbonyl (C=O) groups excluding carboxylic acids is 1. The molecule has 2 aromatic carbocycles. The molecular formula is C23H23FN2O2. The summed E-state index contributed by atoms with van der Waals surface area (Å²) in [6, 6.07) is 14.0. The Hall–Kier alpha value is -2.95. The summed E-state index contributed by atoms with van der Waals surface area (Å²) in [6.07, 6.45) is 2.49. The summed E-state index contributed by atoms with van der Waals surface area (Å²) in [5.74, 6) is -0.289.